The van der Waals surface area contributed by atoms with Gasteiger partial charge in [0.25, 0.3) is 0 Å². The number of anilines is 1. The van der Waals surface area contributed by atoms with Gasteiger partial charge in [-0.15, -0.1) is 0 Å². The van der Waals surface area contributed by atoms with E-state index in [1.54, 1.807) is 12.3 Å². The fraction of sp³-hybridized carbons (Fsp3) is 0.188. The van der Waals surface area contributed by atoms with Gasteiger partial charge in [0.15, 0.2) is 0 Å². The largest absolute Gasteiger partial charge is 0.506 e. The fourth-order valence-corrected chi connectivity index (χ4v) is 1.75. The van der Waals surface area contributed by atoms with Crippen LogP contribution in [0.25, 0.3) is 0 Å². The van der Waals surface area contributed by atoms with E-state index in [4.69, 9.17) is 0 Å². The van der Waals surface area contributed by atoms with Gasteiger partial charge in [0, 0.05) is 26.0 Å². The highest BCUT2D eigenvalue weighted by Gasteiger charge is 1.98. The summed E-state index contributed by atoms with van der Waals surface area (Å²) in [6, 6.07) is 13.5. The summed E-state index contributed by atoms with van der Waals surface area (Å²) in [4.78, 5) is 6.35. The lowest BCUT2D eigenvalue weighted by atomic mass is 10.2. The molecule has 1 N–H and O–H groups in total. The summed E-state index contributed by atoms with van der Waals surface area (Å²) in [5, 5.41) is 9.77. The Bertz CT molecular complexity index is 586. The van der Waals surface area contributed by atoms with Crippen molar-refractivity contribution in [1.82, 2.24) is 0 Å². The van der Waals surface area contributed by atoms with Gasteiger partial charge in [0.1, 0.15) is 11.4 Å². The van der Waals surface area contributed by atoms with Gasteiger partial charge in [0.05, 0.1) is 0 Å². The van der Waals surface area contributed by atoms with E-state index in [0.717, 1.165) is 16.8 Å². The van der Waals surface area contributed by atoms with Gasteiger partial charge in [-0.1, -0.05) is 18.2 Å². The molecule has 0 unspecified atom stereocenters. The number of phenols is 1. The van der Waals surface area contributed by atoms with E-state index in [1.807, 2.05) is 62.3 Å². The molecule has 0 bridgehead atoms. The van der Waals surface area contributed by atoms with Crippen LogP contribution in [0, 0.1) is 6.92 Å². The first-order chi connectivity index (χ1) is 9.06. The molecule has 0 aliphatic rings. The average molecular weight is 254 g/mol. The molecule has 2 aromatic carbocycles. The van der Waals surface area contributed by atoms with Crippen molar-refractivity contribution in [3.63, 3.8) is 0 Å². The lowest BCUT2D eigenvalue weighted by Gasteiger charge is -2.11. The molecule has 0 heterocycles. The molecule has 2 aromatic rings. The van der Waals surface area contributed by atoms with Crippen LogP contribution in [0.3, 0.4) is 0 Å². The van der Waals surface area contributed by atoms with Crippen molar-refractivity contribution in [3.8, 4) is 5.75 Å². The van der Waals surface area contributed by atoms with Crippen LogP contribution in [0.2, 0.25) is 0 Å². The predicted octanol–water partition coefficient (Wildman–Crippen LogP) is 3.52. The highest BCUT2D eigenvalue weighted by molar-refractivity contribution is 5.83. The molecule has 3 heteroatoms. The Hall–Kier alpha value is -2.29. The van der Waals surface area contributed by atoms with Gasteiger partial charge in [-0.25, -0.2) is 0 Å². The normalized spacial score (nSPS) is 10.9. The summed E-state index contributed by atoms with van der Waals surface area (Å²) >= 11 is 0. The van der Waals surface area contributed by atoms with Gasteiger partial charge in [0.2, 0.25) is 0 Å². The Morgan fingerprint density at radius 2 is 1.74 bits per heavy atom. The summed E-state index contributed by atoms with van der Waals surface area (Å²) in [5.74, 6) is 0.209. The number of hydrogen-bond donors (Lipinski definition) is 1. The minimum Gasteiger partial charge on any atom is -0.506 e. The Balaban J connectivity index is 2.18. The highest BCUT2D eigenvalue weighted by atomic mass is 16.3. The number of hydrogen-bond acceptors (Lipinski definition) is 3. The zero-order valence-corrected chi connectivity index (χ0v) is 11.5. The number of phenolic OH excluding ortho intramolecular Hbond substituents is 1. The van der Waals surface area contributed by atoms with E-state index in [9.17, 15) is 5.11 Å². The summed E-state index contributed by atoms with van der Waals surface area (Å²) in [7, 11) is 4.01. The highest BCUT2D eigenvalue weighted by Crippen LogP contribution is 2.26. The first-order valence-corrected chi connectivity index (χ1v) is 6.17. The Kier molecular flexibility index (Phi) is 3.85. The van der Waals surface area contributed by atoms with Crippen LogP contribution in [0.4, 0.5) is 11.4 Å². The molecular formula is C16H18N2O. The summed E-state index contributed by atoms with van der Waals surface area (Å²) in [6.07, 6.45) is 1.75. The maximum absolute atomic E-state index is 9.77. The Labute approximate surface area is 113 Å². The lowest BCUT2D eigenvalue weighted by molar-refractivity contribution is 0.476. The maximum Gasteiger partial charge on any atom is 0.141 e. The zero-order valence-electron chi connectivity index (χ0n) is 11.5. The van der Waals surface area contributed by atoms with E-state index < -0.39 is 0 Å². The van der Waals surface area contributed by atoms with Gasteiger partial charge < -0.3 is 10.0 Å². The van der Waals surface area contributed by atoms with E-state index in [-0.39, 0.29) is 5.75 Å². The van der Waals surface area contributed by atoms with Crippen molar-refractivity contribution < 1.29 is 5.11 Å². The van der Waals surface area contributed by atoms with Crippen LogP contribution in [-0.4, -0.2) is 25.4 Å². The van der Waals surface area contributed by atoms with Gasteiger partial charge in [-0.3, -0.25) is 4.99 Å². The lowest BCUT2D eigenvalue weighted by Crippen LogP contribution is -2.08. The average Bonchev–Trinajstić information content (AvgIpc) is 2.38. The molecule has 98 valence electrons. The molecule has 0 radical (unpaired) electrons. The second-order valence-electron chi connectivity index (χ2n) is 4.74. The monoisotopic (exact) mass is 254 g/mol. The number of nitrogens with zero attached hydrogens (tertiary/aromatic N) is 2. The van der Waals surface area contributed by atoms with Crippen LogP contribution in [-0.2, 0) is 0 Å². The summed E-state index contributed by atoms with van der Waals surface area (Å²) in [5.41, 5.74) is 3.76. The summed E-state index contributed by atoms with van der Waals surface area (Å²) in [6.45, 7) is 1.94. The van der Waals surface area contributed by atoms with Crippen LogP contribution in [0.5, 0.6) is 5.75 Å². The van der Waals surface area contributed by atoms with Crippen molar-refractivity contribution in [2.45, 2.75) is 6.92 Å². The number of benzene rings is 2. The molecule has 0 amide bonds. The molecule has 0 spiro atoms. The third kappa shape index (κ3) is 3.35. The van der Waals surface area contributed by atoms with Crippen molar-refractivity contribution in [2.75, 3.05) is 19.0 Å². The van der Waals surface area contributed by atoms with E-state index in [1.165, 1.54) is 0 Å². The molecule has 2 rings (SSSR count). The van der Waals surface area contributed by atoms with Crippen LogP contribution < -0.4 is 4.90 Å². The number of aromatic hydroxyl groups is 1. The molecular weight excluding hydrogens is 236 g/mol. The quantitative estimate of drug-likeness (QED) is 0.851. The SMILES string of the molecule is Cc1ccc(N=Cc2ccc(N(C)C)cc2)c(O)c1. The molecule has 0 atom stereocenters. The molecule has 0 saturated carbocycles. The second-order valence-corrected chi connectivity index (χ2v) is 4.74. The molecule has 0 fully saturated rings. The van der Waals surface area contributed by atoms with E-state index >= 15 is 0 Å². The molecule has 0 aliphatic carbocycles. The van der Waals surface area contributed by atoms with Crippen molar-refractivity contribution in [2.24, 2.45) is 4.99 Å². The number of aryl methyl sites for hydroxylation is 1. The molecule has 0 aliphatic heterocycles. The Morgan fingerprint density at radius 3 is 2.32 bits per heavy atom. The zero-order chi connectivity index (χ0) is 13.8. The third-order valence-electron chi connectivity index (χ3n) is 2.89. The first kappa shape index (κ1) is 13.1. The topological polar surface area (TPSA) is 35.8 Å². The maximum atomic E-state index is 9.77. The van der Waals surface area contributed by atoms with Crippen molar-refractivity contribution >= 4 is 17.6 Å². The van der Waals surface area contributed by atoms with Gasteiger partial charge in [-0.05, 0) is 42.3 Å². The third-order valence-corrected chi connectivity index (χ3v) is 2.89. The molecule has 0 saturated heterocycles. The van der Waals surface area contributed by atoms with E-state index in [0.29, 0.717) is 5.69 Å². The Morgan fingerprint density at radius 1 is 1.05 bits per heavy atom. The van der Waals surface area contributed by atoms with Crippen LogP contribution in [0.1, 0.15) is 11.1 Å². The molecule has 0 aromatic heterocycles. The minimum atomic E-state index is 0.209. The molecule has 3 nitrogen and oxygen atoms in total. The van der Waals surface area contributed by atoms with Gasteiger partial charge in [-0.2, -0.15) is 0 Å². The van der Waals surface area contributed by atoms with Crippen molar-refractivity contribution in [3.05, 3.63) is 53.6 Å². The van der Waals surface area contributed by atoms with Gasteiger partial charge >= 0.3 is 0 Å². The first-order valence-electron chi connectivity index (χ1n) is 6.17. The minimum absolute atomic E-state index is 0.209. The van der Waals surface area contributed by atoms with Crippen molar-refractivity contribution in [1.29, 1.82) is 0 Å². The fourth-order valence-electron chi connectivity index (χ4n) is 1.75. The second kappa shape index (κ2) is 5.57. The van der Waals surface area contributed by atoms with Crippen LogP contribution >= 0.6 is 0 Å². The summed E-state index contributed by atoms with van der Waals surface area (Å²) < 4.78 is 0. The number of aliphatic imine (C=N–C) groups is 1. The number of rotatable bonds is 3. The van der Waals surface area contributed by atoms with Crippen LogP contribution in [0.15, 0.2) is 47.5 Å². The van der Waals surface area contributed by atoms with E-state index in [2.05, 4.69) is 4.99 Å². The standard InChI is InChI=1S/C16H18N2O/c1-12-4-9-15(16(19)10-12)17-11-13-5-7-14(8-6-13)18(2)3/h4-11,19H,1-3H3. The smallest absolute Gasteiger partial charge is 0.141 e. The molecule has 19 heavy (non-hydrogen) atoms. The predicted molar refractivity (Wildman–Crippen MR) is 80.9 cm³/mol.